The first-order valence-electron chi connectivity index (χ1n) is 9.12. The van der Waals surface area contributed by atoms with Crippen molar-refractivity contribution >= 4 is 23.2 Å². The van der Waals surface area contributed by atoms with E-state index in [1.54, 1.807) is 0 Å². The van der Waals surface area contributed by atoms with Crippen molar-refractivity contribution in [2.75, 3.05) is 38.6 Å². The average molecular weight is 371 g/mol. The lowest BCUT2D eigenvalue weighted by molar-refractivity contribution is 0.463. The molecule has 2 aromatic carbocycles. The molecule has 0 radical (unpaired) electrons. The van der Waals surface area contributed by atoms with Crippen molar-refractivity contribution in [1.82, 2.24) is 10.2 Å². The van der Waals surface area contributed by atoms with Crippen LogP contribution in [-0.4, -0.2) is 44.6 Å². The van der Waals surface area contributed by atoms with Crippen LogP contribution in [0.25, 0.3) is 0 Å². The molecule has 0 saturated carbocycles. The van der Waals surface area contributed by atoms with Crippen molar-refractivity contribution in [3.63, 3.8) is 0 Å². The SMILES string of the molecule is CN=C(NCC1CCN(c2ccccc2)C1)N(C)Cc1ccccc1Cl. The van der Waals surface area contributed by atoms with Crippen LogP contribution in [0, 0.1) is 5.92 Å². The summed E-state index contributed by atoms with van der Waals surface area (Å²) in [7, 11) is 3.87. The first kappa shape index (κ1) is 18.6. The van der Waals surface area contributed by atoms with Crippen LogP contribution >= 0.6 is 11.6 Å². The Labute approximate surface area is 161 Å². The summed E-state index contributed by atoms with van der Waals surface area (Å²) in [6.45, 7) is 3.87. The lowest BCUT2D eigenvalue weighted by Gasteiger charge is -2.24. The molecule has 4 nitrogen and oxygen atoms in total. The normalized spacial score (nSPS) is 17.4. The highest BCUT2D eigenvalue weighted by Crippen LogP contribution is 2.23. The summed E-state index contributed by atoms with van der Waals surface area (Å²) in [4.78, 5) is 9.00. The zero-order valence-electron chi connectivity index (χ0n) is 15.5. The van der Waals surface area contributed by atoms with Crippen molar-refractivity contribution in [2.45, 2.75) is 13.0 Å². The zero-order chi connectivity index (χ0) is 18.4. The molecular weight excluding hydrogens is 344 g/mol. The molecule has 1 atom stereocenters. The molecule has 1 N–H and O–H groups in total. The fourth-order valence-electron chi connectivity index (χ4n) is 3.45. The summed E-state index contributed by atoms with van der Waals surface area (Å²) in [5.41, 5.74) is 2.42. The fraction of sp³-hybridized carbons (Fsp3) is 0.381. The Morgan fingerprint density at radius 3 is 2.65 bits per heavy atom. The van der Waals surface area contributed by atoms with Gasteiger partial charge in [0.05, 0.1) is 0 Å². The Kier molecular flexibility index (Phi) is 6.40. The van der Waals surface area contributed by atoms with Gasteiger partial charge >= 0.3 is 0 Å². The maximum atomic E-state index is 6.28. The van der Waals surface area contributed by atoms with E-state index in [0.717, 1.165) is 42.7 Å². The van der Waals surface area contributed by atoms with Crippen LogP contribution in [-0.2, 0) is 6.54 Å². The minimum atomic E-state index is 0.626. The van der Waals surface area contributed by atoms with Crippen LogP contribution in [0.15, 0.2) is 59.6 Å². The number of guanidine groups is 1. The second-order valence-electron chi connectivity index (χ2n) is 6.81. The second kappa shape index (κ2) is 8.95. The van der Waals surface area contributed by atoms with E-state index in [0.29, 0.717) is 5.92 Å². The van der Waals surface area contributed by atoms with Crippen LogP contribution in [0.3, 0.4) is 0 Å². The molecule has 1 aliphatic heterocycles. The standard InChI is InChI=1S/C21H27ClN4/c1-23-21(25(2)16-18-8-6-7-11-20(18)22)24-14-17-12-13-26(15-17)19-9-4-3-5-10-19/h3-11,17H,12-16H2,1-2H3,(H,23,24). The topological polar surface area (TPSA) is 30.9 Å². The molecule has 0 bridgehead atoms. The van der Waals surface area contributed by atoms with Gasteiger partial charge in [0.15, 0.2) is 5.96 Å². The molecule has 26 heavy (non-hydrogen) atoms. The highest BCUT2D eigenvalue weighted by atomic mass is 35.5. The third-order valence-corrected chi connectivity index (χ3v) is 5.26. The third-order valence-electron chi connectivity index (χ3n) is 4.89. The highest BCUT2D eigenvalue weighted by Gasteiger charge is 2.23. The number of para-hydroxylation sites is 1. The van der Waals surface area contributed by atoms with Crippen LogP contribution in [0.5, 0.6) is 0 Å². The second-order valence-corrected chi connectivity index (χ2v) is 7.22. The Hall–Kier alpha value is -2.20. The molecule has 2 aromatic rings. The van der Waals surface area contributed by atoms with Gasteiger partial charge in [0.25, 0.3) is 0 Å². The van der Waals surface area contributed by atoms with Gasteiger partial charge in [0.1, 0.15) is 0 Å². The van der Waals surface area contributed by atoms with Crippen LogP contribution in [0.4, 0.5) is 5.69 Å². The number of anilines is 1. The van der Waals surface area contributed by atoms with Crippen molar-refractivity contribution in [1.29, 1.82) is 0 Å². The quantitative estimate of drug-likeness (QED) is 0.640. The average Bonchev–Trinajstić information content (AvgIpc) is 3.14. The smallest absolute Gasteiger partial charge is 0.193 e. The molecule has 1 aliphatic rings. The van der Waals surface area contributed by atoms with E-state index in [9.17, 15) is 0 Å². The molecule has 5 heteroatoms. The first-order valence-corrected chi connectivity index (χ1v) is 9.50. The maximum Gasteiger partial charge on any atom is 0.193 e. The molecule has 0 aromatic heterocycles. The third kappa shape index (κ3) is 4.70. The van der Waals surface area contributed by atoms with Gasteiger partial charge in [-0.05, 0) is 36.1 Å². The van der Waals surface area contributed by atoms with Gasteiger partial charge in [-0.1, -0.05) is 48.0 Å². The number of halogens is 1. The lowest BCUT2D eigenvalue weighted by atomic mass is 10.1. The number of nitrogens with one attached hydrogen (secondary N) is 1. The minimum absolute atomic E-state index is 0.626. The molecule has 0 spiro atoms. The van der Waals surface area contributed by atoms with Gasteiger partial charge < -0.3 is 15.1 Å². The number of benzene rings is 2. The Balaban J connectivity index is 1.51. The molecule has 138 valence electrons. The molecular formula is C21H27ClN4. The van der Waals surface area contributed by atoms with E-state index in [2.05, 4.69) is 56.5 Å². The number of aliphatic imine (C=N–C) groups is 1. The molecule has 1 saturated heterocycles. The summed E-state index contributed by atoms with van der Waals surface area (Å²) in [6, 6.07) is 18.6. The van der Waals surface area contributed by atoms with Gasteiger partial charge in [-0.25, -0.2) is 0 Å². The van der Waals surface area contributed by atoms with E-state index < -0.39 is 0 Å². The summed E-state index contributed by atoms with van der Waals surface area (Å²) < 4.78 is 0. The fourth-order valence-corrected chi connectivity index (χ4v) is 3.65. The summed E-state index contributed by atoms with van der Waals surface area (Å²) in [5, 5.41) is 4.32. The lowest BCUT2D eigenvalue weighted by Crippen LogP contribution is -2.41. The Bertz CT molecular complexity index is 732. The zero-order valence-corrected chi connectivity index (χ0v) is 16.3. The summed E-state index contributed by atoms with van der Waals surface area (Å²) in [5.74, 6) is 1.53. The van der Waals surface area contributed by atoms with Gasteiger partial charge in [0, 0.05) is 51.0 Å². The Morgan fingerprint density at radius 1 is 1.19 bits per heavy atom. The van der Waals surface area contributed by atoms with Crippen molar-refractivity contribution in [3.8, 4) is 0 Å². The van der Waals surface area contributed by atoms with E-state index in [4.69, 9.17) is 11.6 Å². The number of nitrogens with zero attached hydrogens (tertiary/aromatic N) is 3. The monoisotopic (exact) mass is 370 g/mol. The molecule has 0 amide bonds. The highest BCUT2D eigenvalue weighted by molar-refractivity contribution is 6.31. The van der Waals surface area contributed by atoms with Crippen molar-refractivity contribution in [3.05, 3.63) is 65.2 Å². The van der Waals surface area contributed by atoms with Crippen molar-refractivity contribution in [2.24, 2.45) is 10.9 Å². The number of hydrogen-bond donors (Lipinski definition) is 1. The Morgan fingerprint density at radius 2 is 1.92 bits per heavy atom. The van der Waals surface area contributed by atoms with Crippen LogP contribution in [0.2, 0.25) is 5.02 Å². The maximum absolute atomic E-state index is 6.28. The van der Waals surface area contributed by atoms with Crippen molar-refractivity contribution < 1.29 is 0 Å². The largest absolute Gasteiger partial charge is 0.371 e. The van der Waals surface area contributed by atoms with Gasteiger partial charge in [-0.15, -0.1) is 0 Å². The minimum Gasteiger partial charge on any atom is -0.371 e. The number of hydrogen-bond acceptors (Lipinski definition) is 2. The summed E-state index contributed by atoms with van der Waals surface area (Å²) in [6.07, 6.45) is 1.20. The molecule has 1 heterocycles. The predicted molar refractivity (Wildman–Crippen MR) is 111 cm³/mol. The van der Waals surface area contributed by atoms with E-state index >= 15 is 0 Å². The molecule has 3 rings (SSSR count). The summed E-state index contributed by atoms with van der Waals surface area (Å²) >= 11 is 6.28. The number of rotatable bonds is 5. The molecule has 1 fully saturated rings. The van der Waals surface area contributed by atoms with Gasteiger partial charge in [0.2, 0.25) is 0 Å². The van der Waals surface area contributed by atoms with Gasteiger partial charge in [-0.3, -0.25) is 4.99 Å². The van der Waals surface area contributed by atoms with E-state index in [1.807, 2.05) is 32.3 Å². The predicted octanol–water partition coefficient (Wildman–Crippen LogP) is 3.87. The molecule has 1 unspecified atom stereocenters. The van der Waals surface area contributed by atoms with Gasteiger partial charge in [-0.2, -0.15) is 0 Å². The van der Waals surface area contributed by atoms with E-state index in [-0.39, 0.29) is 0 Å². The van der Waals surface area contributed by atoms with E-state index in [1.165, 1.54) is 12.1 Å². The molecule has 0 aliphatic carbocycles. The first-order chi connectivity index (χ1) is 12.7. The van der Waals surface area contributed by atoms with Crippen LogP contribution in [0.1, 0.15) is 12.0 Å². The van der Waals surface area contributed by atoms with Crippen LogP contribution < -0.4 is 10.2 Å².